The molecule has 146 valence electrons. The van der Waals surface area contributed by atoms with E-state index in [2.05, 4.69) is 4.98 Å². The molecule has 1 aromatic carbocycles. The Kier molecular flexibility index (Phi) is 5.27. The lowest BCUT2D eigenvalue weighted by atomic mass is 10.1. The first kappa shape index (κ1) is 19.1. The first-order chi connectivity index (χ1) is 14.0. The van der Waals surface area contributed by atoms with E-state index in [0.717, 1.165) is 26.8 Å². The van der Waals surface area contributed by atoms with Gasteiger partial charge < -0.3 is 4.57 Å². The molecule has 0 spiro atoms. The van der Waals surface area contributed by atoms with Crippen molar-refractivity contribution in [3.05, 3.63) is 98.6 Å². The number of rotatable bonds is 6. The lowest BCUT2D eigenvalue weighted by Gasteiger charge is -2.08. The van der Waals surface area contributed by atoms with Crippen molar-refractivity contribution in [1.82, 2.24) is 14.1 Å². The number of carbonyl (C=O) groups excluding carboxylic acids is 1. The summed E-state index contributed by atoms with van der Waals surface area (Å²) in [6.45, 7) is 3.81. The molecule has 0 aliphatic rings. The fraction of sp³-hybridized carbons (Fsp3) is 0.174. The number of thiophene rings is 1. The summed E-state index contributed by atoms with van der Waals surface area (Å²) in [4.78, 5) is 30.9. The largest absolute Gasteiger partial charge is 0.306 e. The molecular formula is C23H21N3O2S. The lowest BCUT2D eigenvalue weighted by molar-refractivity contribution is 0.0986. The number of hydrogen-bond donors (Lipinski definition) is 0. The molecule has 5 nitrogen and oxygen atoms in total. The highest BCUT2D eigenvalue weighted by atomic mass is 32.1. The van der Waals surface area contributed by atoms with Gasteiger partial charge in [-0.05, 0) is 62.7 Å². The van der Waals surface area contributed by atoms with E-state index in [0.29, 0.717) is 18.4 Å². The highest BCUT2D eigenvalue weighted by Gasteiger charge is 2.10. The zero-order valence-corrected chi connectivity index (χ0v) is 17.1. The van der Waals surface area contributed by atoms with Crippen molar-refractivity contribution < 1.29 is 4.79 Å². The van der Waals surface area contributed by atoms with E-state index in [1.807, 2.05) is 73.1 Å². The molecule has 3 heterocycles. The molecule has 0 fully saturated rings. The van der Waals surface area contributed by atoms with E-state index >= 15 is 0 Å². The predicted octanol–water partition coefficient (Wildman–Crippen LogP) is 4.52. The van der Waals surface area contributed by atoms with Crippen LogP contribution >= 0.6 is 11.3 Å². The standard InChI is InChI=1S/C23H21N3O2S/c1-16-4-3-13-26(23(16)28)20-9-7-19(8-10-20)25-14-18(24-15-25)6-11-21(27)22-12-5-17(2)29-22/h3-5,7-10,12-15H,6,11H2,1-2H3. The van der Waals surface area contributed by atoms with Gasteiger partial charge in [0.15, 0.2) is 5.78 Å². The van der Waals surface area contributed by atoms with Crippen LogP contribution in [0.3, 0.4) is 0 Å². The third-order valence-electron chi connectivity index (χ3n) is 4.82. The Morgan fingerprint density at radius 3 is 2.52 bits per heavy atom. The van der Waals surface area contributed by atoms with Gasteiger partial charge in [-0.2, -0.15) is 0 Å². The van der Waals surface area contributed by atoms with Crippen LogP contribution in [0.15, 0.2) is 72.0 Å². The van der Waals surface area contributed by atoms with Crippen molar-refractivity contribution in [2.75, 3.05) is 0 Å². The first-order valence-electron chi connectivity index (χ1n) is 9.43. The highest BCUT2D eigenvalue weighted by molar-refractivity contribution is 7.14. The van der Waals surface area contributed by atoms with Crippen LogP contribution in [0.5, 0.6) is 0 Å². The zero-order valence-electron chi connectivity index (χ0n) is 16.3. The van der Waals surface area contributed by atoms with E-state index in [1.54, 1.807) is 17.1 Å². The quantitative estimate of drug-likeness (QED) is 0.445. The van der Waals surface area contributed by atoms with Gasteiger partial charge in [-0.3, -0.25) is 14.2 Å². The van der Waals surface area contributed by atoms with Gasteiger partial charge in [-0.15, -0.1) is 11.3 Å². The van der Waals surface area contributed by atoms with Crippen molar-refractivity contribution in [3.8, 4) is 11.4 Å². The third-order valence-corrected chi connectivity index (χ3v) is 5.86. The monoisotopic (exact) mass is 403 g/mol. The van der Waals surface area contributed by atoms with Gasteiger partial charge in [0.1, 0.15) is 0 Å². The summed E-state index contributed by atoms with van der Waals surface area (Å²) in [5.41, 5.74) is 3.34. The van der Waals surface area contributed by atoms with Crippen LogP contribution in [0, 0.1) is 13.8 Å². The summed E-state index contributed by atoms with van der Waals surface area (Å²) in [5.74, 6) is 0.158. The van der Waals surface area contributed by atoms with Crippen molar-refractivity contribution in [2.24, 2.45) is 0 Å². The minimum atomic E-state index is -0.0178. The Morgan fingerprint density at radius 2 is 1.79 bits per heavy atom. The number of nitrogens with zero attached hydrogens (tertiary/aromatic N) is 3. The predicted molar refractivity (Wildman–Crippen MR) is 116 cm³/mol. The normalized spacial score (nSPS) is 11.0. The Bertz CT molecular complexity index is 1220. The molecule has 0 aliphatic carbocycles. The first-order valence-corrected chi connectivity index (χ1v) is 10.2. The molecule has 3 aromatic heterocycles. The second kappa shape index (κ2) is 8.01. The van der Waals surface area contributed by atoms with Crippen molar-refractivity contribution >= 4 is 17.1 Å². The molecule has 0 aliphatic heterocycles. The molecule has 0 atom stereocenters. The summed E-state index contributed by atoms with van der Waals surface area (Å²) in [7, 11) is 0. The maximum absolute atomic E-state index is 12.3. The molecular weight excluding hydrogens is 382 g/mol. The summed E-state index contributed by atoms with van der Waals surface area (Å²) >= 11 is 1.53. The number of benzene rings is 1. The number of carbonyl (C=O) groups is 1. The summed E-state index contributed by atoms with van der Waals surface area (Å²) in [6.07, 6.45) is 6.53. The maximum atomic E-state index is 12.3. The SMILES string of the molecule is Cc1ccc(C(=O)CCc2cn(-c3ccc(-n4cccc(C)c4=O)cc3)cn2)s1. The number of Topliss-reactive ketones (excluding diaryl/α,β-unsaturated/α-hetero) is 1. The minimum absolute atomic E-state index is 0.0178. The average Bonchev–Trinajstić information content (AvgIpc) is 3.38. The maximum Gasteiger partial charge on any atom is 0.257 e. The molecule has 29 heavy (non-hydrogen) atoms. The molecule has 0 saturated heterocycles. The van der Waals surface area contributed by atoms with Crippen LogP contribution in [0.2, 0.25) is 0 Å². The molecule has 0 bridgehead atoms. The van der Waals surface area contributed by atoms with Gasteiger partial charge in [0.05, 0.1) is 16.9 Å². The van der Waals surface area contributed by atoms with Gasteiger partial charge in [-0.1, -0.05) is 6.07 Å². The Labute approximate surface area is 172 Å². The van der Waals surface area contributed by atoms with Crippen molar-refractivity contribution in [2.45, 2.75) is 26.7 Å². The van der Waals surface area contributed by atoms with Gasteiger partial charge in [0, 0.05) is 40.6 Å². The minimum Gasteiger partial charge on any atom is -0.306 e. The molecule has 0 radical (unpaired) electrons. The van der Waals surface area contributed by atoms with Crippen LogP contribution < -0.4 is 5.56 Å². The molecule has 0 saturated carbocycles. The van der Waals surface area contributed by atoms with E-state index in [1.165, 1.54) is 11.3 Å². The lowest BCUT2D eigenvalue weighted by Crippen LogP contribution is -2.19. The molecule has 0 N–H and O–H groups in total. The van der Waals surface area contributed by atoms with E-state index < -0.39 is 0 Å². The molecule has 0 unspecified atom stereocenters. The summed E-state index contributed by atoms with van der Waals surface area (Å²) in [6, 6.07) is 15.3. The number of pyridine rings is 1. The number of hydrogen-bond acceptors (Lipinski definition) is 4. The number of ketones is 1. The topological polar surface area (TPSA) is 56.9 Å². The zero-order chi connectivity index (χ0) is 20.4. The van der Waals surface area contributed by atoms with Crippen LogP contribution in [0.25, 0.3) is 11.4 Å². The van der Waals surface area contributed by atoms with Crippen molar-refractivity contribution in [3.63, 3.8) is 0 Å². The fourth-order valence-corrected chi connectivity index (χ4v) is 4.01. The van der Waals surface area contributed by atoms with Crippen LogP contribution in [-0.4, -0.2) is 19.9 Å². The van der Waals surface area contributed by atoms with E-state index in [4.69, 9.17) is 0 Å². The Balaban J connectivity index is 1.46. The van der Waals surface area contributed by atoms with Gasteiger partial charge >= 0.3 is 0 Å². The van der Waals surface area contributed by atoms with Crippen molar-refractivity contribution in [1.29, 1.82) is 0 Å². The Hall–Kier alpha value is -3.25. The molecule has 6 heteroatoms. The second-order valence-corrected chi connectivity index (χ2v) is 8.28. The fourth-order valence-electron chi connectivity index (χ4n) is 3.17. The van der Waals surface area contributed by atoms with E-state index in [9.17, 15) is 9.59 Å². The number of imidazole rings is 1. The van der Waals surface area contributed by atoms with Gasteiger partial charge in [0.2, 0.25) is 0 Å². The highest BCUT2D eigenvalue weighted by Crippen LogP contribution is 2.18. The Morgan fingerprint density at radius 1 is 1.03 bits per heavy atom. The third kappa shape index (κ3) is 4.12. The number of aromatic nitrogens is 3. The summed E-state index contributed by atoms with van der Waals surface area (Å²) < 4.78 is 3.56. The van der Waals surface area contributed by atoms with Gasteiger partial charge in [-0.25, -0.2) is 4.98 Å². The second-order valence-electron chi connectivity index (χ2n) is 6.99. The summed E-state index contributed by atoms with van der Waals surface area (Å²) in [5, 5.41) is 0. The van der Waals surface area contributed by atoms with E-state index in [-0.39, 0.29) is 11.3 Å². The molecule has 4 rings (SSSR count). The number of aryl methyl sites for hydroxylation is 3. The van der Waals surface area contributed by atoms with Crippen LogP contribution in [-0.2, 0) is 6.42 Å². The van der Waals surface area contributed by atoms with Gasteiger partial charge in [0.25, 0.3) is 5.56 Å². The molecule has 4 aromatic rings. The smallest absolute Gasteiger partial charge is 0.257 e. The van der Waals surface area contributed by atoms with Crippen LogP contribution in [0.4, 0.5) is 0 Å². The average molecular weight is 404 g/mol. The molecule has 0 amide bonds. The van der Waals surface area contributed by atoms with Crippen LogP contribution in [0.1, 0.15) is 32.2 Å².